The normalized spacial score (nSPS) is 10.9. The first-order valence-corrected chi connectivity index (χ1v) is 6.31. The van der Waals surface area contributed by atoms with E-state index in [0.29, 0.717) is 12.8 Å². The average molecular weight is 314 g/mol. The number of aryl methyl sites for hydroxylation is 1. The quantitative estimate of drug-likeness (QED) is 0.671. The van der Waals surface area contributed by atoms with Gasteiger partial charge in [0.2, 0.25) is 6.41 Å². The molecule has 1 amide bonds. The predicted octanol–water partition coefficient (Wildman–Crippen LogP) is 2.53. The highest BCUT2D eigenvalue weighted by atomic mass is 79.9. The molecule has 0 bridgehead atoms. The third-order valence-corrected chi connectivity index (χ3v) is 3.18. The van der Waals surface area contributed by atoms with Crippen molar-refractivity contribution < 1.29 is 14.4 Å². The SMILES string of the molecule is Cc1cc(Br)ccc1CC(C)(C)C(=O)ONC=O. The minimum absolute atomic E-state index is 0.332. The topological polar surface area (TPSA) is 55.4 Å². The number of nitrogens with one attached hydrogen (secondary N) is 1. The molecular formula is C13H16BrNO3. The number of hydroxylamine groups is 1. The van der Waals surface area contributed by atoms with Gasteiger partial charge >= 0.3 is 5.97 Å². The smallest absolute Gasteiger partial charge is 0.338 e. The number of carbonyl (C=O) groups is 2. The lowest BCUT2D eigenvalue weighted by Crippen LogP contribution is -2.33. The van der Waals surface area contributed by atoms with E-state index in [1.807, 2.05) is 30.6 Å². The van der Waals surface area contributed by atoms with Gasteiger partial charge in [0.1, 0.15) is 0 Å². The Labute approximate surface area is 115 Å². The van der Waals surface area contributed by atoms with Gasteiger partial charge in [-0.3, -0.25) is 4.79 Å². The molecule has 1 aromatic rings. The van der Waals surface area contributed by atoms with Gasteiger partial charge in [-0.05, 0) is 50.5 Å². The number of carbonyl (C=O) groups excluding carboxylic acids is 2. The zero-order valence-corrected chi connectivity index (χ0v) is 12.2. The Kier molecular flexibility index (Phi) is 4.90. The first kappa shape index (κ1) is 14.7. The Morgan fingerprint density at radius 3 is 2.72 bits per heavy atom. The van der Waals surface area contributed by atoms with Gasteiger partial charge in [0.25, 0.3) is 0 Å². The molecule has 0 fully saturated rings. The highest BCUT2D eigenvalue weighted by molar-refractivity contribution is 9.10. The molecule has 1 N–H and O–H groups in total. The lowest BCUT2D eigenvalue weighted by Gasteiger charge is -2.22. The van der Waals surface area contributed by atoms with E-state index in [0.717, 1.165) is 15.6 Å². The van der Waals surface area contributed by atoms with Crippen LogP contribution in [0.5, 0.6) is 0 Å². The van der Waals surface area contributed by atoms with Gasteiger partial charge in [-0.15, -0.1) is 0 Å². The summed E-state index contributed by atoms with van der Waals surface area (Å²) < 4.78 is 1.01. The van der Waals surface area contributed by atoms with Crippen molar-refractivity contribution in [2.24, 2.45) is 5.41 Å². The van der Waals surface area contributed by atoms with E-state index >= 15 is 0 Å². The molecule has 0 aromatic heterocycles. The summed E-state index contributed by atoms with van der Waals surface area (Å²) in [5.41, 5.74) is 3.41. The van der Waals surface area contributed by atoms with Gasteiger partial charge in [0, 0.05) is 4.47 Å². The number of hydrogen-bond donors (Lipinski definition) is 1. The molecule has 0 aliphatic carbocycles. The summed E-state index contributed by atoms with van der Waals surface area (Å²) >= 11 is 3.40. The van der Waals surface area contributed by atoms with Gasteiger partial charge < -0.3 is 4.84 Å². The number of hydrogen-bond acceptors (Lipinski definition) is 3. The standard InChI is InChI=1S/C13H16BrNO3/c1-9-6-11(14)5-4-10(9)7-13(2,3)12(17)18-15-8-16/h4-6,8H,7H2,1-3H3,(H,15,16). The number of halogens is 1. The number of benzene rings is 1. The van der Waals surface area contributed by atoms with Crippen molar-refractivity contribution in [2.75, 3.05) is 0 Å². The first-order chi connectivity index (χ1) is 8.36. The molecule has 5 heteroatoms. The largest absolute Gasteiger partial charge is 0.340 e. The maximum Gasteiger partial charge on any atom is 0.338 e. The monoisotopic (exact) mass is 313 g/mol. The van der Waals surface area contributed by atoms with Crippen molar-refractivity contribution >= 4 is 28.3 Å². The lowest BCUT2D eigenvalue weighted by molar-refractivity contribution is -0.163. The van der Waals surface area contributed by atoms with Crippen molar-refractivity contribution in [1.29, 1.82) is 0 Å². The first-order valence-electron chi connectivity index (χ1n) is 5.52. The zero-order chi connectivity index (χ0) is 13.8. The molecule has 0 atom stereocenters. The number of amides is 1. The summed E-state index contributed by atoms with van der Waals surface area (Å²) in [6.45, 7) is 5.55. The molecule has 1 aromatic carbocycles. The van der Waals surface area contributed by atoms with Crippen LogP contribution in [0, 0.1) is 12.3 Å². The van der Waals surface area contributed by atoms with Gasteiger partial charge in [0.05, 0.1) is 5.41 Å². The van der Waals surface area contributed by atoms with Gasteiger partial charge in [0.15, 0.2) is 0 Å². The zero-order valence-electron chi connectivity index (χ0n) is 10.6. The molecular weight excluding hydrogens is 298 g/mol. The summed E-state index contributed by atoms with van der Waals surface area (Å²) in [6.07, 6.45) is 0.879. The van der Waals surface area contributed by atoms with Crippen LogP contribution in [-0.4, -0.2) is 12.4 Å². The van der Waals surface area contributed by atoms with Crippen LogP contribution in [0.25, 0.3) is 0 Å². The Hall–Kier alpha value is -1.36. The summed E-state index contributed by atoms with van der Waals surface area (Å²) in [6, 6.07) is 5.91. The Balaban J connectivity index is 2.81. The summed E-state index contributed by atoms with van der Waals surface area (Å²) in [7, 11) is 0. The van der Waals surface area contributed by atoms with Crippen molar-refractivity contribution in [2.45, 2.75) is 27.2 Å². The highest BCUT2D eigenvalue weighted by Gasteiger charge is 2.30. The van der Waals surface area contributed by atoms with E-state index in [1.165, 1.54) is 0 Å². The molecule has 0 unspecified atom stereocenters. The van der Waals surface area contributed by atoms with Crippen molar-refractivity contribution in [3.05, 3.63) is 33.8 Å². The molecule has 18 heavy (non-hydrogen) atoms. The van der Waals surface area contributed by atoms with Crippen LogP contribution in [0.15, 0.2) is 22.7 Å². The second-order valence-electron chi connectivity index (χ2n) is 4.76. The average Bonchev–Trinajstić information content (AvgIpc) is 2.29. The van der Waals surface area contributed by atoms with Crippen molar-refractivity contribution in [1.82, 2.24) is 5.48 Å². The number of rotatable bonds is 5. The summed E-state index contributed by atoms with van der Waals surface area (Å²) in [5.74, 6) is -0.461. The lowest BCUT2D eigenvalue weighted by atomic mass is 9.84. The van der Waals surface area contributed by atoms with E-state index in [2.05, 4.69) is 20.8 Å². The van der Waals surface area contributed by atoms with E-state index in [9.17, 15) is 9.59 Å². The molecule has 4 nitrogen and oxygen atoms in total. The van der Waals surface area contributed by atoms with E-state index < -0.39 is 11.4 Å². The third-order valence-electron chi connectivity index (χ3n) is 2.69. The second kappa shape index (κ2) is 6.00. The molecule has 0 radical (unpaired) electrons. The molecule has 0 spiro atoms. The summed E-state index contributed by atoms with van der Waals surface area (Å²) in [5, 5.41) is 0. The van der Waals surface area contributed by atoms with Crippen LogP contribution in [0.1, 0.15) is 25.0 Å². The minimum Gasteiger partial charge on any atom is -0.340 e. The molecule has 0 saturated carbocycles. The fourth-order valence-electron chi connectivity index (χ4n) is 1.62. The maximum atomic E-state index is 11.8. The van der Waals surface area contributed by atoms with Gasteiger partial charge in [-0.1, -0.05) is 22.0 Å². The summed E-state index contributed by atoms with van der Waals surface area (Å²) in [4.78, 5) is 26.5. The van der Waals surface area contributed by atoms with Crippen LogP contribution in [0.4, 0.5) is 0 Å². The molecule has 0 aliphatic rings. The Morgan fingerprint density at radius 2 is 2.17 bits per heavy atom. The minimum atomic E-state index is -0.700. The molecule has 0 heterocycles. The van der Waals surface area contributed by atoms with Crippen LogP contribution in [0.2, 0.25) is 0 Å². The van der Waals surface area contributed by atoms with Crippen LogP contribution in [-0.2, 0) is 20.8 Å². The van der Waals surface area contributed by atoms with Crippen molar-refractivity contribution in [3.8, 4) is 0 Å². The fraction of sp³-hybridized carbons (Fsp3) is 0.385. The van der Waals surface area contributed by atoms with E-state index in [1.54, 1.807) is 13.8 Å². The fourth-order valence-corrected chi connectivity index (χ4v) is 2.10. The Bertz CT molecular complexity index is 458. The van der Waals surface area contributed by atoms with Gasteiger partial charge in [-0.2, -0.15) is 5.48 Å². The van der Waals surface area contributed by atoms with Crippen molar-refractivity contribution in [3.63, 3.8) is 0 Å². The molecule has 0 aliphatic heterocycles. The molecule has 1 rings (SSSR count). The van der Waals surface area contributed by atoms with Gasteiger partial charge in [-0.25, -0.2) is 4.79 Å². The molecule has 98 valence electrons. The third kappa shape index (κ3) is 3.84. The maximum absolute atomic E-state index is 11.8. The Morgan fingerprint density at radius 1 is 1.50 bits per heavy atom. The van der Waals surface area contributed by atoms with E-state index in [-0.39, 0.29) is 0 Å². The predicted molar refractivity (Wildman–Crippen MR) is 71.7 cm³/mol. The van der Waals surface area contributed by atoms with Crippen LogP contribution in [0.3, 0.4) is 0 Å². The van der Waals surface area contributed by atoms with E-state index in [4.69, 9.17) is 0 Å². The second-order valence-corrected chi connectivity index (χ2v) is 5.67. The van der Waals surface area contributed by atoms with Crippen LogP contribution >= 0.6 is 15.9 Å². The highest BCUT2D eigenvalue weighted by Crippen LogP contribution is 2.26. The van der Waals surface area contributed by atoms with Crippen LogP contribution < -0.4 is 5.48 Å². The molecule has 0 saturated heterocycles.